The Kier molecular flexibility index (Phi) is 6.19. The molecule has 0 unspecified atom stereocenters. The Morgan fingerprint density at radius 2 is 2.10 bits per heavy atom. The molecule has 0 saturated heterocycles. The topological polar surface area (TPSA) is 81.4 Å². The van der Waals surface area contributed by atoms with Crippen molar-refractivity contribution in [3.8, 4) is 0 Å². The predicted octanol–water partition coefficient (Wildman–Crippen LogP) is 2.01. The molecule has 1 aromatic carbocycles. The molecule has 0 fully saturated rings. The van der Waals surface area contributed by atoms with E-state index in [9.17, 15) is 12.8 Å². The van der Waals surface area contributed by atoms with E-state index < -0.39 is 20.7 Å². The average Bonchev–Trinajstić information content (AvgIpc) is 2.32. The molecule has 0 aliphatic rings. The summed E-state index contributed by atoms with van der Waals surface area (Å²) in [6, 6.07) is 2.18. The van der Waals surface area contributed by atoms with Crippen LogP contribution >= 0.6 is 11.6 Å². The van der Waals surface area contributed by atoms with Crippen molar-refractivity contribution < 1.29 is 17.5 Å². The first-order valence-electron chi connectivity index (χ1n) is 6.06. The molecule has 0 amide bonds. The molecule has 0 radical (unpaired) electrons. The molecule has 0 aromatic heterocycles. The maximum absolute atomic E-state index is 13.7. The number of anilines is 1. The SMILES string of the molecule is CC(C)COCCNS(=O)(=O)c1cc(N)cc(Cl)c1F. The normalized spacial score (nSPS) is 12.1. The summed E-state index contributed by atoms with van der Waals surface area (Å²) in [5, 5.41) is -0.332. The van der Waals surface area contributed by atoms with Crippen molar-refractivity contribution >= 4 is 27.3 Å². The fourth-order valence-electron chi connectivity index (χ4n) is 1.42. The lowest BCUT2D eigenvalue weighted by molar-refractivity contribution is 0.114. The molecule has 20 heavy (non-hydrogen) atoms. The molecule has 0 atom stereocenters. The number of hydrogen-bond acceptors (Lipinski definition) is 4. The largest absolute Gasteiger partial charge is 0.399 e. The summed E-state index contributed by atoms with van der Waals surface area (Å²) in [5.74, 6) is -0.659. The Labute approximate surface area is 123 Å². The van der Waals surface area contributed by atoms with Gasteiger partial charge in [0.1, 0.15) is 4.90 Å². The van der Waals surface area contributed by atoms with Gasteiger partial charge in [-0.25, -0.2) is 17.5 Å². The first kappa shape index (κ1) is 17.2. The Morgan fingerprint density at radius 3 is 2.70 bits per heavy atom. The van der Waals surface area contributed by atoms with Gasteiger partial charge >= 0.3 is 0 Å². The summed E-state index contributed by atoms with van der Waals surface area (Å²) < 4.78 is 45.1. The standard InChI is InChI=1S/C12H18ClFN2O3S/c1-8(2)7-19-4-3-16-20(17,18)11-6-9(15)5-10(13)12(11)14/h5-6,8,16H,3-4,7,15H2,1-2H3. The number of rotatable bonds is 7. The summed E-state index contributed by atoms with van der Waals surface area (Å²) in [4.78, 5) is -0.564. The van der Waals surface area contributed by atoms with E-state index in [1.165, 1.54) is 0 Å². The number of ether oxygens (including phenoxy) is 1. The summed E-state index contributed by atoms with van der Waals surface area (Å²) in [7, 11) is -4.01. The lowest BCUT2D eigenvalue weighted by Crippen LogP contribution is -2.28. The monoisotopic (exact) mass is 324 g/mol. The van der Waals surface area contributed by atoms with Crippen LogP contribution in [0.5, 0.6) is 0 Å². The van der Waals surface area contributed by atoms with E-state index in [0.29, 0.717) is 12.5 Å². The highest BCUT2D eigenvalue weighted by atomic mass is 35.5. The fraction of sp³-hybridized carbons (Fsp3) is 0.500. The van der Waals surface area contributed by atoms with Crippen molar-refractivity contribution in [2.75, 3.05) is 25.5 Å². The van der Waals surface area contributed by atoms with Gasteiger partial charge in [-0.2, -0.15) is 0 Å². The zero-order valence-corrected chi connectivity index (χ0v) is 12.9. The number of nitrogens with two attached hydrogens (primary N) is 1. The maximum Gasteiger partial charge on any atom is 0.243 e. The van der Waals surface area contributed by atoms with Gasteiger partial charge in [0.05, 0.1) is 11.6 Å². The third-order valence-electron chi connectivity index (χ3n) is 2.30. The molecule has 0 aliphatic heterocycles. The van der Waals surface area contributed by atoms with Gasteiger partial charge in [0.2, 0.25) is 10.0 Å². The third-order valence-corrected chi connectivity index (χ3v) is 4.03. The van der Waals surface area contributed by atoms with Gasteiger partial charge in [0.15, 0.2) is 5.82 Å². The maximum atomic E-state index is 13.7. The van der Waals surface area contributed by atoms with Crippen LogP contribution in [0.25, 0.3) is 0 Å². The summed E-state index contributed by atoms with van der Waals surface area (Å²) in [6.07, 6.45) is 0. The van der Waals surface area contributed by atoms with E-state index >= 15 is 0 Å². The third kappa shape index (κ3) is 4.90. The molecular weight excluding hydrogens is 307 g/mol. The first-order valence-corrected chi connectivity index (χ1v) is 7.92. The van der Waals surface area contributed by atoms with Gasteiger partial charge in [-0.1, -0.05) is 25.4 Å². The fourth-order valence-corrected chi connectivity index (χ4v) is 2.85. The minimum atomic E-state index is -4.01. The van der Waals surface area contributed by atoms with Crippen LogP contribution in [0.1, 0.15) is 13.8 Å². The summed E-state index contributed by atoms with van der Waals surface area (Å²) in [6.45, 7) is 4.73. The zero-order valence-electron chi connectivity index (χ0n) is 11.3. The minimum Gasteiger partial charge on any atom is -0.399 e. The molecule has 0 saturated carbocycles. The molecule has 1 aromatic rings. The highest BCUT2D eigenvalue weighted by molar-refractivity contribution is 7.89. The van der Waals surface area contributed by atoms with Crippen molar-refractivity contribution in [1.82, 2.24) is 4.72 Å². The van der Waals surface area contributed by atoms with Crippen molar-refractivity contribution in [2.24, 2.45) is 5.92 Å². The summed E-state index contributed by atoms with van der Waals surface area (Å²) in [5.41, 5.74) is 5.54. The number of benzene rings is 1. The summed E-state index contributed by atoms with van der Waals surface area (Å²) >= 11 is 5.57. The van der Waals surface area contributed by atoms with Crippen LogP contribution in [-0.2, 0) is 14.8 Å². The predicted molar refractivity (Wildman–Crippen MR) is 76.7 cm³/mol. The molecule has 8 heteroatoms. The van der Waals surface area contributed by atoms with E-state index in [4.69, 9.17) is 22.1 Å². The number of hydrogen-bond donors (Lipinski definition) is 2. The second-order valence-corrected chi connectivity index (χ2v) is 6.82. The zero-order chi connectivity index (χ0) is 15.3. The minimum absolute atomic E-state index is 0.0426. The van der Waals surface area contributed by atoms with Crippen LogP contribution in [-0.4, -0.2) is 28.2 Å². The lowest BCUT2D eigenvalue weighted by Gasteiger charge is -2.10. The van der Waals surface area contributed by atoms with Crippen LogP contribution in [0.2, 0.25) is 5.02 Å². The van der Waals surface area contributed by atoms with Gasteiger partial charge in [0, 0.05) is 18.8 Å². The average molecular weight is 325 g/mol. The Bertz CT molecular complexity index is 564. The van der Waals surface area contributed by atoms with Crippen LogP contribution in [0.4, 0.5) is 10.1 Å². The van der Waals surface area contributed by atoms with Crippen LogP contribution in [0.15, 0.2) is 17.0 Å². The van der Waals surface area contributed by atoms with E-state index in [2.05, 4.69) is 4.72 Å². The molecule has 1 rings (SSSR count). The Balaban J connectivity index is 2.70. The van der Waals surface area contributed by atoms with Crippen molar-refractivity contribution in [3.05, 3.63) is 23.0 Å². The van der Waals surface area contributed by atoms with Gasteiger partial charge in [-0.15, -0.1) is 0 Å². The van der Waals surface area contributed by atoms with Crippen LogP contribution < -0.4 is 10.5 Å². The van der Waals surface area contributed by atoms with E-state index in [1.807, 2.05) is 13.8 Å². The number of nitrogens with one attached hydrogen (secondary N) is 1. The van der Waals surface area contributed by atoms with Gasteiger partial charge in [-0.05, 0) is 18.1 Å². The van der Waals surface area contributed by atoms with Gasteiger partial charge in [-0.3, -0.25) is 0 Å². The second kappa shape index (κ2) is 7.21. The molecule has 0 bridgehead atoms. The smallest absolute Gasteiger partial charge is 0.243 e. The van der Waals surface area contributed by atoms with Crippen LogP contribution in [0.3, 0.4) is 0 Å². The van der Waals surface area contributed by atoms with E-state index in [1.54, 1.807) is 0 Å². The highest BCUT2D eigenvalue weighted by Gasteiger charge is 2.21. The van der Waals surface area contributed by atoms with Crippen molar-refractivity contribution in [3.63, 3.8) is 0 Å². The highest BCUT2D eigenvalue weighted by Crippen LogP contribution is 2.25. The van der Waals surface area contributed by atoms with Crippen LogP contribution in [0, 0.1) is 11.7 Å². The van der Waals surface area contributed by atoms with Crippen molar-refractivity contribution in [2.45, 2.75) is 18.7 Å². The van der Waals surface area contributed by atoms with E-state index in [0.717, 1.165) is 12.1 Å². The molecule has 3 N–H and O–H groups in total. The van der Waals surface area contributed by atoms with Gasteiger partial charge in [0.25, 0.3) is 0 Å². The molecule has 0 aliphatic carbocycles. The number of sulfonamides is 1. The van der Waals surface area contributed by atoms with Gasteiger partial charge < -0.3 is 10.5 Å². The molecule has 5 nitrogen and oxygen atoms in total. The first-order chi connectivity index (χ1) is 9.24. The lowest BCUT2D eigenvalue weighted by atomic mass is 10.2. The van der Waals surface area contributed by atoms with E-state index in [-0.39, 0.29) is 23.9 Å². The molecule has 0 heterocycles. The Hall–Kier alpha value is -0.890. The molecule has 114 valence electrons. The van der Waals surface area contributed by atoms with Crippen molar-refractivity contribution in [1.29, 1.82) is 0 Å². The second-order valence-electron chi connectivity index (χ2n) is 4.68. The number of halogens is 2. The number of nitrogen functional groups attached to an aromatic ring is 1. The molecular formula is C12H18ClFN2O3S. The quantitative estimate of drug-likeness (QED) is 0.594. The Morgan fingerprint density at radius 1 is 1.45 bits per heavy atom. The molecule has 0 spiro atoms.